The monoisotopic (exact) mass is 332 g/mol. The molecule has 0 radical (unpaired) electrons. The maximum absolute atomic E-state index is 13.1. The molecular formula is C17H21FN4O2. The Hall–Kier alpha value is -2.28. The van der Waals surface area contributed by atoms with Crippen molar-refractivity contribution in [2.24, 2.45) is 0 Å². The first-order chi connectivity index (χ1) is 11.6. The van der Waals surface area contributed by atoms with E-state index in [4.69, 9.17) is 4.74 Å². The van der Waals surface area contributed by atoms with Crippen LogP contribution in [0.4, 0.5) is 4.39 Å². The van der Waals surface area contributed by atoms with Crippen LogP contribution in [0.5, 0.6) is 0 Å². The molecule has 1 amide bonds. The van der Waals surface area contributed by atoms with Gasteiger partial charge in [0.15, 0.2) is 0 Å². The summed E-state index contributed by atoms with van der Waals surface area (Å²) in [6, 6.07) is 5.92. The number of hydrogen-bond acceptors (Lipinski definition) is 4. The Labute approximate surface area is 140 Å². The Morgan fingerprint density at radius 2 is 2.17 bits per heavy atom. The lowest BCUT2D eigenvalue weighted by Crippen LogP contribution is -2.37. The quantitative estimate of drug-likeness (QED) is 0.843. The van der Waals surface area contributed by atoms with E-state index in [0.717, 1.165) is 19.4 Å². The summed E-state index contributed by atoms with van der Waals surface area (Å²) in [5.74, 6) is 0.202. The lowest BCUT2D eigenvalue weighted by atomic mass is 10.2. The molecule has 7 heteroatoms. The summed E-state index contributed by atoms with van der Waals surface area (Å²) < 4.78 is 20.2. The zero-order valence-corrected chi connectivity index (χ0v) is 13.9. The topological polar surface area (TPSA) is 60.2 Å². The van der Waals surface area contributed by atoms with Crippen LogP contribution in [0.2, 0.25) is 0 Å². The van der Waals surface area contributed by atoms with Gasteiger partial charge in [-0.2, -0.15) is 0 Å². The average Bonchev–Trinajstić information content (AvgIpc) is 3.22. The molecule has 0 aliphatic carbocycles. The molecule has 0 spiro atoms. The summed E-state index contributed by atoms with van der Waals surface area (Å²) in [6.45, 7) is 5.58. The van der Waals surface area contributed by atoms with Crippen molar-refractivity contribution in [3.63, 3.8) is 0 Å². The minimum absolute atomic E-state index is 0.0918. The Balaban J connectivity index is 1.79. The van der Waals surface area contributed by atoms with Crippen molar-refractivity contribution < 1.29 is 13.9 Å². The van der Waals surface area contributed by atoms with Crippen LogP contribution in [0.3, 0.4) is 0 Å². The molecule has 1 atom stereocenters. The molecule has 0 N–H and O–H groups in total. The number of ether oxygens (including phenoxy) is 1. The number of amides is 1. The normalized spacial score (nSPS) is 17.2. The molecule has 6 nitrogen and oxygen atoms in total. The van der Waals surface area contributed by atoms with Crippen LogP contribution in [0.1, 0.15) is 36.2 Å². The van der Waals surface area contributed by atoms with Gasteiger partial charge in [0.05, 0.1) is 11.8 Å². The van der Waals surface area contributed by atoms with Crippen LogP contribution in [0.15, 0.2) is 24.3 Å². The molecule has 0 unspecified atom stereocenters. The number of halogens is 1. The van der Waals surface area contributed by atoms with Crippen molar-refractivity contribution in [1.29, 1.82) is 0 Å². The van der Waals surface area contributed by atoms with Crippen molar-refractivity contribution in [2.45, 2.75) is 32.8 Å². The highest BCUT2D eigenvalue weighted by atomic mass is 19.1. The average molecular weight is 332 g/mol. The highest BCUT2D eigenvalue weighted by Gasteiger charge is 2.25. The van der Waals surface area contributed by atoms with Gasteiger partial charge in [-0.05, 0) is 51.0 Å². The lowest BCUT2D eigenvalue weighted by Gasteiger charge is -2.22. The minimum Gasteiger partial charge on any atom is -0.376 e. The third-order valence-electron chi connectivity index (χ3n) is 4.15. The molecular weight excluding hydrogens is 311 g/mol. The van der Waals surface area contributed by atoms with Crippen LogP contribution >= 0.6 is 0 Å². The van der Waals surface area contributed by atoms with Crippen molar-refractivity contribution in [2.75, 3.05) is 19.7 Å². The SMILES string of the molecule is CCN(C[C@H]1CCCO1)C(=O)c1nc(C)n(-c2ccc(F)cc2)n1. The zero-order chi connectivity index (χ0) is 17.1. The number of likely N-dealkylation sites (N-methyl/N-ethyl adjacent to an activating group) is 1. The number of benzene rings is 1. The first kappa shape index (κ1) is 16.6. The number of aromatic nitrogens is 3. The first-order valence-corrected chi connectivity index (χ1v) is 8.19. The van der Waals surface area contributed by atoms with E-state index in [0.29, 0.717) is 24.6 Å². The summed E-state index contributed by atoms with van der Waals surface area (Å²) in [5, 5.41) is 4.30. The Bertz CT molecular complexity index is 708. The maximum atomic E-state index is 13.1. The smallest absolute Gasteiger partial charge is 0.293 e. The van der Waals surface area contributed by atoms with Crippen molar-refractivity contribution in [1.82, 2.24) is 19.7 Å². The van der Waals surface area contributed by atoms with Gasteiger partial charge in [0.2, 0.25) is 5.82 Å². The molecule has 1 aliphatic rings. The fraction of sp³-hybridized carbons (Fsp3) is 0.471. The highest BCUT2D eigenvalue weighted by molar-refractivity contribution is 5.90. The second kappa shape index (κ2) is 7.09. The van der Waals surface area contributed by atoms with Gasteiger partial charge in [-0.3, -0.25) is 4.79 Å². The second-order valence-corrected chi connectivity index (χ2v) is 5.85. The lowest BCUT2D eigenvalue weighted by molar-refractivity contribution is 0.0530. The van der Waals surface area contributed by atoms with Crippen molar-refractivity contribution in [3.05, 3.63) is 41.7 Å². The first-order valence-electron chi connectivity index (χ1n) is 8.19. The Morgan fingerprint density at radius 1 is 1.42 bits per heavy atom. The summed E-state index contributed by atoms with van der Waals surface area (Å²) in [7, 11) is 0. The predicted molar refractivity (Wildman–Crippen MR) is 86.6 cm³/mol. The van der Waals surface area contributed by atoms with Gasteiger partial charge in [0.1, 0.15) is 11.6 Å². The van der Waals surface area contributed by atoms with E-state index in [-0.39, 0.29) is 23.7 Å². The molecule has 128 valence electrons. The van der Waals surface area contributed by atoms with Crippen molar-refractivity contribution in [3.8, 4) is 5.69 Å². The fourth-order valence-electron chi connectivity index (χ4n) is 2.84. The Morgan fingerprint density at radius 3 is 2.79 bits per heavy atom. The largest absolute Gasteiger partial charge is 0.376 e. The minimum atomic E-state index is -0.318. The van der Waals surface area contributed by atoms with Gasteiger partial charge in [0.25, 0.3) is 5.91 Å². The van der Waals surface area contributed by atoms with Crippen LogP contribution in [0.25, 0.3) is 5.69 Å². The van der Waals surface area contributed by atoms with E-state index < -0.39 is 0 Å². The number of hydrogen-bond donors (Lipinski definition) is 0. The summed E-state index contributed by atoms with van der Waals surface area (Å²) in [4.78, 5) is 18.7. The molecule has 0 bridgehead atoms. The molecule has 24 heavy (non-hydrogen) atoms. The van der Waals surface area contributed by atoms with E-state index >= 15 is 0 Å². The third kappa shape index (κ3) is 3.46. The molecule has 1 aliphatic heterocycles. The third-order valence-corrected chi connectivity index (χ3v) is 4.15. The van der Waals surface area contributed by atoms with Crippen molar-refractivity contribution >= 4 is 5.91 Å². The van der Waals surface area contributed by atoms with E-state index in [1.807, 2.05) is 6.92 Å². The van der Waals surface area contributed by atoms with Gasteiger partial charge in [0, 0.05) is 19.7 Å². The van der Waals surface area contributed by atoms with E-state index in [2.05, 4.69) is 10.1 Å². The van der Waals surface area contributed by atoms with E-state index in [1.54, 1.807) is 28.6 Å². The van der Waals surface area contributed by atoms with Gasteiger partial charge >= 0.3 is 0 Å². The van der Waals surface area contributed by atoms with E-state index in [9.17, 15) is 9.18 Å². The van der Waals surface area contributed by atoms with Crippen LogP contribution in [-0.4, -0.2) is 51.4 Å². The fourth-order valence-corrected chi connectivity index (χ4v) is 2.84. The summed E-state index contributed by atoms with van der Waals surface area (Å²) >= 11 is 0. The maximum Gasteiger partial charge on any atom is 0.293 e. The van der Waals surface area contributed by atoms with Crippen LogP contribution in [0, 0.1) is 12.7 Å². The molecule has 1 fully saturated rings. The van der Waals surface area contributed by atoms with Gasteiger partial charge < -0.3 is 9.64 Å². The standard InChI is InChI=1S/C17H21FN4O2/c1-3-21(11-15-5-4-10-24-15)17(23)16-19-12(2)22(20-16)14-8-6-13(18)7-9-14/h6-9,15H,3-5,10-11H2,1-2H3/t15-/m1/s1. The van der Waals surface area contributed by atoms with Crippen LogP contribution < -0.4 is 0 Å². The Kier molecular flexibility index (Phi) is 4.89. The van der Waals surface area contributed by atoms with Gasteiger partial charge in [-0.1, -0.05) is 0 Å². The number of carbonyl (C=O) groups excluding carboxylic acids is 1. The molecule has 1 aromatic heterocycles. The number of aryl methyl sites for hydroxylation is 1. The predicted octanol–water partition coefficient (Wildman–Crippen LogP) is 2.36. The number of rotatable bonds is 5. The molecule has 0 saturated carbocycles. The highest BCUT2D eigenvalue weighted by Crippen LogP contribution is 2.15. The molecule has 2 aromatic rings. The molecule has 2 heterocycles. The zero-order valence-electron chi connectivity index (χ0n) is 13.9. The summed E-state index contributed by atoms with van der Waals surface area (Å²) in [6.07, 6.45) is 2.10. The van der Waals surface area contributed by atoms with Gasteiger partial charge in [-0.15, -0.1) is 5.10 Å². The van der Waals surface area contributed by atoms with Gasteiger partial charge in [-0.25, -0.2) is 14.1 Å². The van der Waals surface area contributed by atoms with Crippen LogP contribution in [-0.2, 0) is 4.74 Å². The summed E-state index contributed by atoms with van der Waals surface area (Å²) in [5.41, 5.74) is 0.669. The second-order valence-electron chi connectivity index (χ2n) is 5.85. The van der Waals surface area contributed by atoms with E-state index in [1.165, 1.54) is 12.1 Å². The number of nitrogens with zero attached hydrogens (tertiary/aromatic N) is 4. The number of carbonyl (C=O) groups is 1. The molecule has 1 saturated heterocycles. The molecule has 1 aromatic carbocycles. The molecule has 3 rings (SSSR count).